The average molecular weight is 264 g/mol. The highest BCUT2D eigenvalue weighted by molar-refractivity contribution is 7.09. The molecule has 0 bridgehead atoms. The van der Waals surface area contributed by atoms with Crippen LogP contribution in [0.5, 0.6) is 11.5 Å². The maximum Gasteiger partial charge on any atom is 0.124 e. The fourth-order valence-corrected chi connectivity index (χ4v) is 2.63. The van der Waals surface area contributed by atoms with E-state index in [4.69, 9.17) is 9.47 Å². The van der Waals surface area contributed by atoms with Gasteiger partial charge in [0.15, 0.2) is 0 Å². The molecule has 0 spiro atoms. The van der Waals surface area contributed by atoms with E-state index in [1.807, 2.05) is 37.0 Å². The van der Waals surface area contributed by atoms with Crippen molar-refractivity contribution < 1.29 is 9.47 Å². The Balaban J connectivity index is 2.46. The third-order valence-corrected chi connectivity index (χ3v) is 3.61. The van der Waals surface area contributed by atoms with Gasteiger partial charge in [-0.3, -0.25) is 4.98 Å². The Labute approximate surface area is 111 Å². The number of nitrogens with zero attached hydrogens (tertiary/aromatic N) is 1. The highest BCUT2D eigenvalue weighted by atomic mass is 32.1. The number of aromatic nitrogens is 1. The molecule has 4 nitrogen and oxygen atoms in total. The van der Waals surface area contributed by atoms with Crippen molar-refractivity contribution in [3.8, 4) is 11.5 Å². The zero-order valence-corrected chi connectivity index (χ0v) is 11.5. The lowest BCUT2D eigenvalue weighted by Gasteiger charge is -2.18. The van der Waals surface area contributed by atoms with Crippen molar-refractivity contribution in [2.24, 2.45) is 0 Å². The molecule has 1 aromatic heterocycles. The molecule has 1 unspecified atom stereocenters. The standard InChI is InChI=1S/C13H16N2O2S/c1-14-13(12-7-15-8-18-12)10-6-9(16-2)4-5-11(10)17-3/h4-8,13-14H,1-3H3. The van der Waals surface area contributed by atoms with Crippen LogP contribution in [0, 0.1) is 0 Å². The predicted molar refractivity (Wildman–Crippen MR) is 72.6 cm³/mol. The van der Waals surface area contributed by atoms with Crippen molar-refractivity contribution in [3.05, 3.63) is 40.3 Å². The predicted octanol–water partition coefficient (Wildman–Crippen LogP) is 2.47. The highest BCUT2D eigenvalue weighted by Crippen LogP contribution is 2.34. The Bertz CT molecular complexity index is 500. The van der Waals surface area contributed by atoms with Gasteiger partial charge < -0.3 is 14.8 Å². The van der Waals surface area contributed by atoms with Gasteiger partial charge in [-0.25, -0.2) is 0 Å². The molecule has 2 rings (SSSR count). The largest absolute Gasteiger partial charge is 0.497 e. The molecule has 0 fully saturated rings. The van der Waals surface area contributed by atoms with Crippen LogP contribution >= 0.6 is 11.3 Å². The number of ether oxygens (including phenoxy) is 2. The van der Waals surface area contributed by atoms with E-state index in [2.05, 4.69) is 10.3 Å². The summed E-state index contributed by atoms with van der Waals surface area (Å²) in [6.07, 6.45) is 1.87. The summed E-state index contributed by atoms with van der Waals surface area (Å²) in [5.74, 6) is 1.65. The van der Waals surface area contributed by atoms with Gasteiger partial charge in [0.1, 0.15) is 11.5 Å². The zero-order chi connectivity index (χ0) is 13.0. The van der Waals surface area contributed by atoms with Gasteiger partial charge in [-0.2, -0.15) is 0 Å². The van der Waals surface area contributed by atoms with Crippen molar-refractivity contribution in [3.63, 3.8) is 0 Å². The molecule has 1 atom stereocenters. The van der Waals surface area contributed by atoms with Gasteiger partial charge in [0.05, 0.1) is 25.8 Å². The Morgan fingerprint density at radius 1 is 1.28 bits per heavy atom. The number of hydrogen-bond acceptors (Lipinski definition) is 5. The van der Waals surface area contributed by atoms with E-state index in [1.54, 1.807) is 25.6 Å². The second-order valence-corrected chi connectivity index (χ2v) is 4.65. The van der Waals surface area contributed by atoms with Crippen LogP contribution in [0.2, 0.25) is 0 Å². The molecule has 0 aliphatic heterocycles. The third kappa shape index (κ3) is 2.47. The van der Waals surface area contributed by atoms with Crippen LogP contribution in [0.3, 0.4) is 0 Å². The maximum absolute atomic E-state index is 5.41. The molecule has 5 heteroatoms. The molecular formula is C13H16N2O2S. The van der Waals surface area contributed by atoms with Crippen molar-refractivity contribution in [1.29, 1.82) is 0 Å². The van der Waals surface area contributed by atoms with Crippen LogP contribution in [0.15, 0.2) is 29.9 Å². The smallest absolute Gasteiger partial charge is 0.124 e. The first-order chi connectivity index (χ1) is 8.80. The molecule has 1 N–H and O–H groups in total. The van der Waals surface area contributed by atoms with Crippen molar-refractivity contribution in [1.82, 2.24) is 10.3 Å². The summed E-state index contributed by atoms with van der Waals surface area (Å²) < 4.78 is 10.7. The second kappa shape index (κ2) is 5.84. The van der Waals surface area contributed by atoms with Crippen LogP contribution in [-0.4, -0.2) is 26.3 Å². The molecule has 96 valence electrons. The number of thiazole rings is 1. The summed E-state index contributed by atoms with van der Waals surface area (Å²) in [7, 11) is 5.25. The van der Waals surface area contributed by atoms with Gasteiger partial charge in [0.2, 0.25) is 0 Å². The molecule has 0 amide bonds. The Morgan fingerprint density at radius 3 is 2.67 bits per heavy atom. The van der Waals surface area contributed by atoms with Crippen LogP contribution < -0.4 is 14.8 Å². The van der Waals surface area contributed by atoms with E-state index in [1.165, 1.54) is 0 Å². The third-order valence-electron chi connectivity index (χ3n) is 2.77. The van der Waals surface area contributed by atoms with Crippen LogP contribution in [0.4, 0.5) is 0 Å². The minimum Gasteiger partial charge on any atom is -0.497 e. The number of hydrogen-bond donors (Lipinski definition) is 1. The summed E-state index contributed by atoms with van der Waals surface area (Å²) in [5.41, 5.74) is 2.87. The molecule has 2 aromatic rings. The van der Waals surface area contributed by atoms with Crippen molar-refractivity contribution >= 4 is 11.3 Å². The Morgan fingerprint density at radius 2 is 2.11 bits per heavy atom. The molecular weight excluding hydrogens is 248 g/mol. The Hall–Kier alpha value is -1.59. The van der Waals surface area contributed by atoms with E-state index >= 15 is 0 Å². The van der Waals surface area contributed by atoms with Gasteiger partial charge in [-0.15, -0.1) is 11.3 Å². The normalized spacial score (nSPS) is 12.2. The van der Waals surface area contributed by atoms with Gasteiger partial charge in [0.25, 0.3) is 0 Å². The first-order valence-corrected chi connectivity index (χ1v) is 6.45. The van der Waals surface area contributed by atoms with Crippen LogP contribution in [0.25, 0.3) is 0 Å². The summed E-state index contributed by atoms with van der Waals surface area (Å²) in [6, 6.07) is 5.85. The van der Waals surface area contributed by atoms with Crippen LogP contribution in [0.1, 0.15) is 16.5 Å². The van der Waals surface area contributed by atoms with Crippen molar-refractivity contribution in [2.45, 2.75) is 6.04 Å². The van der Waals surface area contributed by atoms with Crippen LogP contribution in [-0.2, 0) is 0 Å². The van der Waals surface area contributed by atoms with Gasteiger partial charge >= 0.3 is 0 Å². The van der Waals surface area contributed by atoms with E-state index in [-0.39, 0.29) is 6.04 Å². The fourth-order valence-electron chi connectivity index (χ4n) is 1.88. The SMILES string of the molecule is CNC(c1cncs1)c1cc(OC)ccc1OC. The molecule has 0 saturated heterocycles. The molecule has 0 aliphatic rings. The van der Waals surface area contributed by atoms with Crippen molar-refractivity contribution in [2.75, 3.05) is 21.3 Å². The van der Waals surface area contributed by atoms with E-state index in [9.17, 15) is 0 Å². The maximum atomic E-state index is 5.41. The minimum absolute atomic E-state index is 0.0579. The lowest BCUT2D eigenvalue weighted by Crippen LogP contribution is -2.17. The van der Waals surface area contributed by atoms with E-state index < -0.39 is 0 Å². The minimum atomic E-state index is 0.0579. The molecule has 1 heterocycles. The van der Waals surface area contributed by atoms with Gasteiger partial charge in [-0.1, -0.05) is 0 Å². The molecule has 0 saturated carbocycles. The zero-order valence-electron chi connectivity index (χ0n) is 10.6. The summed E-state index contributed by atoms with van der Waals surface area (Å²) >= 11 is 1.61. The number of benzene rings is 1. The second-order valence-electron chi connectivity index (χ2n) is 3.73. The summed E-state index contributed by atoms with van der Waals surface area (Å²) in [4.78, 5) is 5.26. The lowest BCUT2D eigenvalue weighted by atomic mass is 10.0. The quantitative estimate of drug-likeness (QED) is 0.901. The summed E-state index contributed by atoms with van der Waals surface area (Å²) in [5, 5.41) is 3.28. The summed E-state index contributed by atoms with van der Waals surface area (Å²) in [6.45, 7) is 0. The monoisotopic (exact) mass is 264 g/mol. The van der Waals surface area contributed by atoms with Gasteiger partial charge in [-0.05, 0) is 25.2 Å². The topological polar surface area (TPSA) is 43.4 Å². The molecule has 18 heavy (non-hydrogen) atoms. The Kier molecular flexibility index (Phi) is 4.17. The molecule has 1 aromatic carbocycles. The molecule has 0 radical (unpaired) electrons. The number of methoxy groups -OCH3 is 2. The first-order valence-electron chi connectivity index (χ1n) is 5.57. The highest BCUT2D eigenvalue weighted by Gasteiger charge is 2.18. The van der Waals surface area contributed by atoms with E-state index in [0.29, 0.717) is 0 Å². The number of nitrogens with one attached hydrogen (secondary N) is 1. The first kappa shape index (κ1) is 12.9. The van der Waals surface area contributed by atoms with E-state index in [0.717, 1.165) is 21.9 Å². The molecule has 0 aliphatic carbocycles. The van der Waals surface area contributed by atoms with Gasteiger partial charge in [0, 0.05) is 16.6 Å². The lowest BCUT2D eigenvalue weighted by molar-refractivity contribution is 0.395. The fraction of sp³-hybridized carbons (Fsp3) is 0.308. The number of rotatable bonds is 5. The average Bonchev–Trinajstić information content (AvgIpc) is 2.93.